The van der Waals surface area contributed by atoms with E-state index in [0.29, 0.717) is 18.2 Å². The Labute approximate surface area is 101 Å². The average molecular weight is 237 g/mol. The van der Waals surface area contributed by atoms with E-state index >= 15 is 0 Å². The molecule has 2 N–H and O–H groups in total. The molecule has 94 valence electrons. The topological polar surface area (TPSA) is 72.4 Å². The van der Waals surface area contributed by atoms with Gasteiger partial charge in [0.1, 0.15) is 0 Å². The van der Waals surface area contributed by atoms with Crippen molar-refractivity contribution in [2.24, 2.45) is 11.7 Å². The van der Waals surface area contributed by atoms with Gasteiger partial charge in [-0.05, 0) is 32.2 Å². The van der Waals surface area contributed by atoms with Crippen LogP contribution >= 0.6 is 0 Å². The fourth-order valence-electron chi connectivity index (χ4n) is 2.59. The van der Waals surface area contributed by atoms with Gasteiger partial charge in [0.15, 0.2) is 0 Å². The highest BCUT2D eigenvalue weighted by Crippen LogP contribution is 2.29. The van der Waals surface area contributed by atoms with Gasteiger partial charge in [-0.25, -0.2) is 0 Å². The van der Waals surface area contributed by atoms with Gasteiger partial charge in [-0.3, -0.25) is 4.79 Å². The van der Waals surface area contributed by atoms with E-state index in [0.717, 1.165) is 25.0 Å². The van der Waals surface area contributed by atoms with Crippen molar-refractivity contribution in [3.63, 3.8) is 0 Å². The second kappa shape index (κ2) is 4.87. The number of nitrogens with two attached hydrogens (primary N) is 1. The summed E-state index contributed by atoms with van der Waals surface area (Å²) in [6.07, 6.45) is 3.27. The van der Waals surface area contributed by atoms with E-state index in [-0.39, 0.29) is 11.9 Å². The minimum atomic E-state index is -0.101. The number of nitrogens with zero attached hydrogens (tertiary/aromatic N) is 2. The summed E-state index contributed by atoms with van der Waals surface area (Å²) in [5.41, 5.74) is 6.46. The molecule has 17 heavy (non-hydrogen) atoms. The minimum absolute atomic E-state index is 0.101. The van der Waals surface area contributed by atoms with Crippen LogP contribution < -0.4 is 5.73 Å². The highest BCUT2D eigenvalue weighted by atomic mass is 16.5. The zero-order valence-corrected chi connectivity index (χ0v) is 10.3. The normalized spacial score (nSPS) is 23.9. The monoisotopic (exact) mass is 237 g/mol. The van der Waals surface area contributed by atoms with Crippen LogP contribution in [0.15, 0.2) is 10.6 Å². The Morgan fingerprint density at radius 3 is 3.00 bits per heavy atom. The molecule has 0 saturated heterocycles. The molecule has 1 aromatic heterocycles. The van der Waals surface area contributed by atoms with Crippen LogP contribution in [0, 0.1) is 12.8 Å². The number of rotatable bonds is 3. The number of aryl methyl sites for hydroxylation is 1. The molecule has 2 atom stereocenters. The van der Waals surface area contributed by atoms with Crippen molar-refractivity contribution in [3.05, 3.63) is 17.5 Å². The Bertz CT molecular complexity index is 402. The number of amides is 1. The van der Waals surface area contributed by atoms with Gasteiger partial charge in [-0.1, -0.05) is 11.6 Å². The number of hydrogen-bond donors (Lipinski definition) is 1. The lowest BCUT2D eigenvalue weighted by molar-refractivity contribution is 0.0658. The Kier molecular flexibility index (Phi) is 3.47. The maximum atomic E-state index is 12.2. The van der Waals surface area contributed by atoms with E-state index < -0.39 is 0 Å². The molecule has 1 saturated carbocycles. The van der Waals surface area contributed by atoms with Crippen molar-refractivity contribution in [2.45, 2.75) is 32.2 Å². The smallest absolute Gasteiger partial charge is 0.292 e. The SMILES string of the molecule is Cc1cc(C(=O)N(C)C2CCCC2CN)on1. The number of aromatic nitrogens is 1. The van der Waals surface area contributed by atoms with Crippen LogP contribution in [0.2, 0.25) is 0 Å². The van der Waals surface area contributed by atoms with E-state index in [1.165, 1.54) is 0 Å². The van der Waals surface area contributed by atoms with E-state index in [1.807, 2.05) is 7.05 Å². The molecule has 0 bridgehead atoms. The molecule has 1 aliphatic carbocycles. The Morgan fingerprint density at radius 1 is 1.65 bits per heavy atom. The lowest BCUT2D eigenvalue weighted by Crippen LogP contribution is -2.41. The van der Waals surface area contributed by atoms with E-state index in [4.69, 9.17) is 10.3 Å². The quantitative estimate of drug-likeness (QED) is 0.856. The molecule has 0 spiro atoms. The molecule has 0 aromatic carbocycles. The number of hydrogen-bond acceptors (Lipinski definition) is 4. The first kappa shape index (κ1) is 12.1. The minimum Gasteiger partial charge on any atom is -0.351 e. The van der Waals surface area contributed by atoms with E-state index in [1.54, 1.807) is 17.9 Å². The van der Waals surface area contributed by atoms with Crippen LogP contribution in [0.1, 0.15) is 35.5 Å². The first-order valence-corrected chi connectivity index (χ1v) is 6.04. The van der Waals surface area contributed by atoms with Gasteiger partial charge in [0.25, 0.3) is 5.91 Å². The molecule has 2 rings (SSSR count). The zero-order chi connectivity index (χ0) is 12.4. The molecule has 1 fully saturated rings. The maximum absolute atomic E-state index is 12.2. The Hall–Kier alpha value is -1.36. The van der Waals surface area contributed by atoms with Crippen molar-refractivity contribution >= 4 is 5.91 Å². The molecule has 1 aliphatic rings. The average Bonchev–Trinajstić information content (AvgIpc) is 2.95. The van der Waals surface area contributed by atoms with Crippen LogP contribution in [0.25, 0.3) is 0 Å². The van der Waals surface area contributed by atoms with Gasteiger partial charge in [-0.15, -0.1) is 0 Å². The predicted octanol–water partition coefficient (Wildman–Crippen LogP) is 1.18. The van der Waals surface area contributed by atoms with Crippen LogP contribution in [0.3, 0.4) is 0 Å². The fourth-order valence-corrected chi connectivity index (χ4v) is 2.59. The third-order valence-corrected chi connectivity index (χ3v) is 3.58. The van der Waals surface area contributed by atoms with E-state index in [9.17, 15) is 4.79 Å². The molecule has 2 unspecified atom stereocenters. The number of carbonyl (C=O) groups is 1. The van der Waals surface area contributed by atoms with Gasteiger partial charge in [0, 0.05) is 19.2 Å². The summed E-state index contributed by atoms with van der Waals surface area (Å²) in [5, 5.41) is 3.74. The van der Waals surface area contributed by atoms with Crippen molar-refractivity contribution in [1.82, 2.24) is 10.1 Å². The van der Waals surface area contributed by atoms with Gasteiger partial charge < -0.3 is 15.2 Å². The van der Waals surface area contributed by atoms with Gasteiger partial charge >= 0.3 is 0 Å². The Morgan fingerprint density at radius 2 is 2.41 bits per heavy atom. The predicted molar refractivity (Wildman–Crippen MR) is 63.5 cm³/mol. The fraction of sp³-hybridized carbons (Fsp3) is 0.667. The molecular weight excluding hydrogens is 218 g/mol. The summed E-state index contributed by atoms with van der Waals surface area (Å²) < 4.78 is 5.00. The van der Waals surface area contributed by atoms with Crippen molar-refractivity contribution in [1.29, 1.82) is 0 Å². The van der Waals surface area contributed by atoms with Crippen LogP contribution in [0.4, 0.5) is 0 Å². The van der Waals surface area contributed by atoms with Crippen LogP contribution in [0.5, 0.6) is 0 Å². The lowest BCUT2D eigenvalue weighted by atomic mass is 10.0. The third-order valence-electron chi connectivity index (χ3n) is 3.58. The first-order chi connectivity index (χ1) is 8.13. The van der Waals surface area contributed by atoms with Crippen LogP contribution in [-0.2, 0) is 0 Å². The number of carbonyl (C=O) groups excluding carboxylic acids is 1. The third kappa shape index (κ3) is 2.34. The maximum Gasteiger partial charge on any atom is 0.292 e. The molecule has 5 heteroatoms. The van der Waals surface area contributed by atoms with Gasteiger partial charge in [-0.2, -0.15) is 0 Å². The first-order valence-electron chi connectivity index (χ1n) is 6.04. The lowest BCUT2D eigenvalue weighted by Gasteiger charge is -2.28. The largest absolute Gasteiger partial charge is 0.351 e. The molecule has 0 aliphatic heterocycles. The Balaban J connectivity index is 2.09. The molecule has 1 aromatic rings. The summed E-state index contributed by atoms with van der Waals surface area (Å²) in [6, 6.07) is 1.91. The molecule has 5 nitrogen and oxygen atoms in total. The summed E-state index contributed by atoms with van der Waals surface area (Å²) in [7, 11) is 1.82. The second-order valence-corrected chi connectivity index (χ2v) is 4.74. The van der Waals surface area contributed by atoms with Crippen molar-refractivity contribution in [3.8, 4) is 0 Å². The van der Waals surface area contributed by atoms with Gasteiger partial charge in [0.2, 0.25) is 5.76 Å². The van der Waals surface area contributed by atoms with E-state index in [2.05, 4.69) is 5.16 Å². The summed E-state index contributed by atoms with van der Waals surface area (Å²) in [6.45, 7) is 2.44. The van der Waals surface area contributed by atoms with Crippen molar-refractivity contribution < 1.29 is 9.32 Å². The molecular formula is C12H19N3O2. The summed E-state index contributed by atoms with van der Waals surface area (Å²) >= 11 is 0. The highest BCUT2D eigenvalue weighted by molar-refractivity contribution is 5.91. The molecule has 1 heterocycles. The summed E-state index contributed by atoms with van der Waals surface area (Å²) in [4.78, 5) is 13.9. The van der Waals surface area contributed by atoms with Crippen molar-refractivity contribution in [2.75, 3.05) is 13.6 Å². The van der Waals surface area contributed by atoms with Crippen LogP contribution in [-0.4, -0.2) is 35.6 Å². The highest BCUT2D eigenvalue weighted by Gasteiger charge is 2.33. The summed E-state index contributed by atoms with van der Waals surface area (Å²) in [5.74, 6) is 0.622. The molecule has 0 radical (unpaired) electrons. The standard InChI is InChI=1S/C12H19N3O2/c1-8-6-11(17-14-8)12(16)15(2)10-5-3-4-9(10)7-13/h6,9-10H,3-5,7,13H2,1-2H3. The van der Waals surface area contributed by atoms with Gasteiger partial charge in [0.05, 0.1) is 5.69 Å². The second-order valence-electron chi connectivity index (χ2n) is 4.74. The molecule has 1 amide bonds. The zero-order valence-electron chi connectivity index (χ0n) is 10.3.